The van der Waals surface area contributed by atoms with Crippen molar-refractivity contribution in [2.24, 2.45) is 0 Å². The molecule has 0 aliphatic rings. The topological polar surface area (TPSA) is 44.4 Å². The maximum absolute atomic E-state index is 11.9. The Hall–Kier alpha value is -2.49. The van der Waals surface area contributed by atoms with E-state index in [-0.39, 0.29) is 12.5 Å². The fourth-order valence-electron chi connectivity index (χ4n) is 1.92. The van der Waals surface area contributed by atoms with Crippen LogP contribution < -0.4 is 15.5 Å². The fraction of sp³-hybridized carbons (Fsp3) is 0.188. The smallest absolute Gasteiger partial charge is 0.243 e. The van der Waals surface area contributed by atoms with Crippen molar-refractivity contribution in [2.45, 2.75) is 0 Å². The summed E-state index contributed by atoms with van der Waals surface area (Å²) in [6, 6.07) is 17.3. The minimum atomic E-state index is -0.0650. The highest BCUT2D eigenvalue weighted by molar-refractivity contribution is 5.94. The Morgan fingerprint density at radius 1 is 1.00 bits per heavy atom. The van der Waals surface area contributed by atoms with Gasteiger partial charge in [-0.3, -0.25) is 4.79 Å². The van der Waals surface area contributed by atoms with E-state index in [1.165, 1.54) is 0 Å². The van der Waals surface area contributed by atoms with Crippen molar-refractivity contribution in [2.75, 3.05) is 36.2 Å². The van der Waals surface area contributed by atoms with Gasteiger partial charge in [-0.25, -0.2) is 0 Å². The monoisotopic (exact) mass is 269 g/mol. The van der Waals surface area contributed by atoms with Gasteiger partial charge < -0.3 is 15.5 Å². The number of amides is 1. The zero-order valence-electron chi connectivity index (χ0n) is 11.8. The van der Waals surface area contributed by atoms with Crippen LogP contribution in [-0.2, 0) is 4.79 Å². The number of carbonyl (C=O) groups excluding carboxylic acids is 1. The highest BCUT2D eigenvalue weighted by Gasteiger charge is 2.06. The van der Waals surface area contributed by atoms with E-state index in [1.54, 1.807) is 0 Å². The van der Waals surface area contributed by atoms with E-state index < -0.39 is 0 Å². The van der Waals surface area contributed by atoms with Crippen LogP contribution in [0.25, 0.3) is 0 Å². The molecule has 2 rings (SSSR count). The molecule has 104 valence electrons. The lowest BCUT2D eigenvalue weighted by molar-refractivity contribution is -0.114. The summed E-state index contributed by atoms with van der Waals surface area (Å²) in [4.78, 5) is 13.9. The first kappa shape index (κ1) is 13.9. The Morgan fingerprint density at radius 3 is 2.35 bits per heavy atom. The van der Waals surface area contributed by atoms with Gasteiger partial charge in [0.25, 0.3) is 0 Å². The second-order valence-corrected chi connectivity index (χ2v) is 4.68. The number of para-hydroxylation sites is 3. The van der Waals surface area contributed by atoms with E-state index in [1.807, 2.05) is 73.6 Å². The molecule has 0 aliphatic heterocycles. The highest BCUT2D eigenvalue weighted by atomic mass is 16.1. The summed E-state index contributed by atoms with van der Waals surface area (Å²) in [7, 11) is 3.95. The molecule has 0 spiro atoms. The van der Waals surface area contributed by atoms with Gasteiger partial charge in [0.05, 0.1) is 17.9 Å². The van der Waals surface area contributed by atoms with E-state index >= 15 is 0 Å². The quantitative estimate of drug-likeness (QED) is 0.877. The highest BCUT2D eigenvalue weighted by Crippen LogP contribution is 2.23. The second-order valence-electron chi connectivity index (χ2n) is 4.68. The fourth-order valence-corrected chi connectivity index (χ4v) is 1.92. The van der Waals surface area contributed by atoms with Crippen LogP contribution in [0.3, 0.4) is 0 Å². The van der Waals surface area contributed by atoms with Gasteiger partial charge in [-0.1, -0.05) is 30.3 Å². The molecule has 4 nitrogen and oxygen atoms in total. The Labute approximate surface area is 119 Å². The summed E-state index contributed by atoms with van der Waals surface area (Å²) in [5.74, 6) is -0.0650. The predicted octanol–water partition coefficient (Wildman–Crippen LogP) is 2.80. The summed E-state index contributed by atoms with van der Waals surface area (Å²) < 4.78 is 0. The molecule has 0 bridgehead atoms. The molecule has 0 atom stereocenters. The SMILES string of the molecule is CN(C)c1ccccc1NCC(=O)Nc1ccccc1. The molecule has 0 unspecified atom stereocenters. The average molecular weight is 269 g/mol. The molecular weight excluding hydrogens is 250 g/mol. The molecule has 0 aliphatic carbocycles. The molecule has 20 heavy (non-hydrogen) atoms. The molecule has 2 N–H and O–H groups in total. The number of anilines is 3. The Bertz CT molecular complexity index is 567. The summed E-state index contributed by atoms with van der Waals surface area (Å²) in [6.07, 6.45) is 0. The lowest BCUT2D eigenvalue weighted by atomic mass is 10.2. The van der Waals surface area contributed by atoms with E-state index in [4.69, 9.17) is 0 Å². The first-order valence-corrected chi connectivity index (χ1v) is 6.52. The van der Waals surface area contributed by atoms with Crippen molar-refractivity contribution < 1.29 is 4.79 Å². The van der Waals surface area contributed by atoms with Crippen LogP contribution in [0, 0.1) is 0 Å². The number of nitrogens with one attached hydrogen (secondary N) is 2. The van der Waals surface area contributed by atoms with E-state index in [0.717, 1.165) is 17.1 Å². The van der Waals surface area contributed by atoms with Crippen LogP contribution in [0.5, 0.6) is 0 Å². The van der Waals surface area contributed by atoms with Crippen LogP contribution in [0.1, 0.15) is 0 Å². The first-order valence-electron chi connectivity index (χ1n) is 6.52. The molecular formula is C16H19N3O. The van der Waals surface area contributed by atoms with Gasteiger partial charge in [0.15, 0.2) is 0 Å². The second kappa shape index (κ2) is 6.61. The zero-order valence-corrected chi connectivity index (χ0v) is 11.8. The summed E-state index contributed by atoms with van der Waals surface area (Å²) >= 11 is 0. The van der Waals surface area contributed by atoms with Crippen LogP contribution in [-0.4, -0.2) is 26.5 Å². The Morgan fingerprint density at radius 2 is 1.65 bits per heavy atom. The van der Waals surface area contributed by atoms with Gasteiger partial charge in [0, 0.05) is 19.8 Å². The molecule has 0 heterocycles. The third kappa shape index (κ3) is 3.75. The summed E-state index contributed by atoms with van der Waals surface area (Å²) in [6.45, 7) is 0.236. The minimum Gasteiger partial charge on any atom is -0.376 e. The maximum atomic E-state index is 11.9. The number of carbonyl (C=O) groups is 1. The van der Waals surface area contributed by atoms with Crippen LogP contribution in [0.4, 0.5) is 17.1 Å². The van der Waals surface area contributed by atoms with Gasteiger partial charge in [0.1, 0.15) is 0 Å². The van der Waals surface area contributed by atoms with E-state index in [2.05, 4.69) is 10.6 Å². The van der Waals surface area contributed by atoms with Crippen molar-refractivity contribution in [3.63, 3.8) is 0 Å². The minimum absolute atomic E-state index is 0.0650. The molecule has 0 aromatic heterocycles. The molecule has 2 aromatic carbocycles. The number of benzene rings is 2. The van der Waals surface area contributed by atoms with Crippen molar-refractivity contribution in [3.05, 3.63) is 54.6 Å². The normalized spacial score (nSPS) is 9.90. The maximum Gasteiger partial charge on any atom is 0.243 e. The van der Waals surface area contributed by atoms with Gasteiger partial charge in [-0.15, -0.1) is 0 Å². The largest absolute Gasteiger partial charge is 0.376 e. The van der Waals surface area contributed by atoms with Crippen molar-refractivity contribution in [1.29, 1.82) is 0 Å². The third-order valence-electron chi connectivity index (χ3n) is 2.88. The van der Waals surface area contributed by atoms with E-state index in [0.29, 0.717) is 0 Å². The first-order chi connectivity index (χ1) is 9.66. The number of nitrogens with zero attached hydrogens (tertiary/aromatic N) is 1. The van der Waals surface area contributed by atoms with Crippen molar-refractivity contribution >= 4 is 23.0 Å². The van der Waals surface area contributed by atoms with E-state index in [9.17, 15) is 4.79 Å². The van der Waals surface area contributed by atoms with Gasteiger partial charge in [-0.2, -0.15) is 0 Å². The molecule has 0 saturated heterocycles. The van der Waals surface area contributed by atoms with Gasteiger partial charge in [-0.05, 0) is 24.3 Å². The third-order valence-corrected chi connectivity index (χ3v) is 2.88. The van der Waals surface area contributed by atoms with Crippen molar-refractivity contribution in [1.82, 2.24) is 0 Å². The van der Waals surface area contributed by atoms with Gasteiger partial charge >= 0.3 is 0 Å². The molecule has 0 saturated carbocycles. The average Bonchev–Trinajstić information content (AvgIpc) is 2.46. The van der Waals surface area contributed by atoms with Crippen LogP contribution >= 0.6 is 0 Å². The zero-order chi connectivity index (χ0) is 14.4. The van der Waals surface area contributed by atoms with Crippen LogP contribution in [0.15, 0.2) is 54.6 Å². The number of rotatable bonds is 5. The number of hydrogen-bond donors (Lipinski definition) is 2. The predicted molar refractivity (Wildman–Crippen MR) is 84.3 cm³/mol. The summed E-state index contributed by atoms with van der Waals surface area (Å²) in [5, 5.41) is 6.01. The molecule has 0 fully saturated rings. The number of hydrogen-bond acceptors (Lipinski definition) is 3. The lowest BCUT2D eigenvalue weighted by Crippen LogP contribution is -2.22. The van der Waals surface area contributed by atoms with Gasteiger partial charge in [0.2, 0.25) is 5.91 Å². The standard InChI is InChI=1S/C16H19N3O/c1-19(2)15-11-7-6-10-14(15)17-12-16(20)18-13-8-4-3-5-9-13/h3-11,17H,12H2,1-2H3,(H,18,20). The molecule has 4 heteroatoms. The summed E-state index contributed by atoms with van der Waals surface area (Å²) in [5.41, 5.74) is 2.81. The molecule has 2 aromatic rings. The Kier molecular flexibility index (Phi) is 4.60. The Balaban J connectivity index is 1.94. The molecule has 0 radical (unpaired) electrons. The van der Waals surface area contributed by atoms with Crippen LogP contribution in [0.2, 0.25) is 0 Å². The lowest BCUT2D eigenvalue weighted by Gasteiger charge is -2.18. The molecule has 1 amide bonds. The van der Waals surface area contributed by atoms with Crippen molar-refractivity contribution in [3.8, 4) is 0 Å².